The minimum absolute atomic E-state index is 0.152. The van der Waals surface area contributed by atoms with Gasteiger partial charge < -0.3 is 0 Å². The van der Waals surface area contributed by atoms with Crippen molar-refractivity contribution in [2.45, 2.75) is 27.7 Å². The Balaban J connectivity index is 2.19. The van der Waals surface area contributed by atoms with E-state index in [0.717, 1.165) is 0 Å². The lowest BCUT2D eigenvalue weighted by molar-refractivity contribution is 0.100. The highest BCUT2D eigenvalue weighted by Gasteiger charge is 2.21. The summed E-state index contributed by atoms with van der Waals surface area (Å²) >= 11 is 0. The van der Waals surface area contributed by atoms with Gasteiger partial charge in [0.25, 0.3) is 0 Å². The maximum absolute atomic E-state index is 12.3. The number of nitrogens with zero attached hydrogens (tertiary/aromatic N) is 2. The molecular formula is C26H20N2O4. The van der Waals surface area contributed by atoms with Crippen LogP contribution in [0.3, 0.4) is 0 Å². The molecule has 2 aromatic carbocycles. The second-order valence-electron chi connectivity index (χ2n) is 7.74. The van der Waals surface area contributed by atoms with Gasteiger partial charge in [0.2, 0.25) is 0 Å². The molecular weight excluding hydrogens is 404 g/mol. The van der Waals surface area contributed by atoms with Crippen molar-refractivity contribution in [3.63, 3.8) is 0 Å². The second-order valence-corrected chi connectivity index (χ2v) is 7.74. The van der Waals surface area contributed by atoms with Crippen molar-refractivity contribution in [1.82, 2.24) is 9.97 Å². The fraction of sp³-hybridized carbons (Fsp3) is 0.154. The van der Waals surface area contributed by atoms with E-state index in [-0.39, 0.29) is 23.1 Å². The number of ketones is 4. The summed E-state index contributed by atoms with van der Waals surface area (Å²) in [5, 5.41) is 2.29. The van der Waals surface area contributed by atoms with Crippen LogP contribution in [0.2, 0.25) is 0 Å². The molecule has 4 aromatic rings. The molecule has 0 unspecified atom stereocenters. The lowest BCUT2D eigenvalue weighted by atomic mass is 9.89. The van der Waals surface area contributed by atoms with Gasteiger partial charge in [-0.2, -0.15) is 0 Å². The average Bonchev–Trinajstić information content (AvgIpc) is 2.76. The molecule has 0 bridgehead atoms. The molecule has 32 heavy (non-hydrogen) atoms. The van der Waals surface area contributed by atoms with Crippen molar-refractivity contribution in [3.05, 3.63) is 71.2 Å². The summed E-state index contributed by atoms with van der Waals surface area (Å²) in [5.41, 5.74) is 2.76. The van der Waals surface area contributed by atoms with E-state index >= 15 is 0 Å². The van der Waals surface area contributed by atoms with Gasteiger partial charge in [0.15, 0.2) is 23.1 Å². The van der Waals surface area contributed by atoms with Crippen molar-refractivity contribution in [2.24, 2.45) is 0 Å². The minimum Gasteiger partial charge on any atom is -0.294 e. The van der Waals surface area contributed by atoms with E-state index in [1.165, 1.54) is 40.1 Å². The molecule has 0 saturated carbocycles. The number of benzene rings is 2. The van der Waals surface area contributed by atoms with Crippen LogP contribution in [0.4, 0.5) is 0 Å². The van der Waals surface area contributed by atoms with E-state index in [9.17, 15) is 19.2 Å². The monoisotopic (exact) mass is 424 g/mol. The molecule has 6 heteroatoms. The van der Waals surface area contributed by atoms with Gasteiger partial charge in [0.05, 0.1) is 5.69 Å². The van der Waals surface area contributed by atoms with E-state index in [2.05, 4.69) is 9.97 Å². The van der Waals surface area contributed by atoms with Crippen LogP contribution in [0.5, 0.6) is 0 Å². The number of rotatable bonds is 5. The van der Waals surface area contributed by atoms with Gasteiger partial charge in [0.1, 0.15) is 0 Å². The van der Waals surface area contributed by atoms with Gasteiger partial charge in [-0.1, -0.05) is 30.3 Å². The van der Waals surface area contributed by atoms with Crippen LogP contribution < -0.4 is 0 Å². The van der Waals surface area contributed by atoms with Crippen LogP contribution >= 0.6 is 0 Å². The van der Waals surface area contributed by atoms with Crippen LogP contribution in [0.1, 0.15) is 69.1 Å². The Morgan fingerprint density at radius 1 is 0.594 bits per heavy atom. The molecule has 2 heterocycles. The van der Waals surface area contributed by atoms with Crippen molar-refractivity contribution in [2.75, 3.05) is 0 Å². The first-order chi connectivity index (χ1) is 15.2. The maximum atomic E-state index is 12.3. The van der Waals surface area contributed by atoms with Crippen molar-refractivity contribution in [3.8, 4) is 11.3 Å². The Kier molecular flexibility index (Phi) is 5.22. The Labute approximate surface area is 184 Å². The molecule has 0 fully saturated rings. The molecule has 4 rings (SSSR count). The first-order valence-corrected chi connectivity index (χ1v) is 10.1. The summed E-state index contributed by atoms with van der Waals surface area (Å²) in [6.07, 6.45) is 4.49. The van der Waals surface area contributed by atoms with Gasteiger partial charge in [-0.3, -0.25) is 29.1 Å². The zero-order valence-corrected chi connectivity index (χ0v) is 18.1. The number of hydrogen-bond acceptors (Lipinski definition) is 6. The molecule has 0 aliphatic rings. The van der Waals surface area contributed by atoms with Gasteiger partial charge in [0, 0.05) is 62.6 Å². The van der Waals surface area contributed by atoms with Crippen molar-refractivity contribution < 1.29 is 19.2 Å². The fourth-order valence-electron chi connectivity index (χ4n) is 4.14. The quantitative estimate of drug-likeness (QED) is 0.406. The van der Waals surface area contributed by atoms with Gasteiger partial charge in [-0.05, 0) is 33.1 Å². The largest absolute Gasteiger partial charge is 0.294 e. The first kappa shape index (κ1) is 21.2. The highest BCUT2D eigenvalue weighted by Crippen LogP contribution is 2.37. The molecule has 0 radical (unpaired) electrons. The topological polar surface area (TPSA) is 94.1 Å². The standard InChI is InChI=1S/C26H20N2O4/c1-13(29)17-6-5-7-19-20(9-8-18(14(2)30)24(17)19)26-23-11-27-10-21(15(3)31)25(23)22(12-28-26)16(4)32/h5-12H,1-4H3. The summed E-state index contributed by atoms with van der Waals surface area (Å²) < 4.78 is 0. The molecule has 0 aliphatic heterocycles. The van der Waals surface area contributed by atoms with E-state index < -0.39 is 0 Å². The number of carbonyl (C=O) groups is 4. The number of Topliss-reactive ketones (excluding diaryl/α,β-unsaturated/α-hetero) is 4. The third-order valence-corrected chi connectivity index (χ3v) is 5.61. The molecule has 0 N–H and O–H groups in total. The van der Waals surface area contributed by atoms with Crippen LogP contribution in [0.15, 0.2) is 48.9 Å². The normalized spacial score (nSPS) is 11.0. The SMILES string of the molecule is CC(=O)c1cccc2c(-c3ncc(C(C)=O)c4c(C(C)=O)cncc34)ccc(C(C)=O)c12. The summed E-state index contributed by atoms with van der Waals surface area (Å²) in [6.45, 7) is 5.78. The summed E-state index contributed by atoms with van der Waals surface area (Å²) in [6, 6.07) is 8.75. The second kappa shape index (κ2) is 7.89. The summed E-state index contributed by atoms with van der Waals surface area (Å²) in [5.74, 6) is -0.724. The van der Waals surface area contributed by atoms with Gasteiger partial charge >= 0.3 is 0 Å². The molecule has 0 saturated heterocycles. The first-order valence-electron chi connectivity index (χ1n) is 10.1. The third-order valence-electron chi connectivity index (χ3n) is 5.61. The molecule has 0 aliphatic carbocycles. The summed E-state index contributed by atoms with van der Waals surface area (Å²) in [4.78, 5) is 58.0. The molecule has 0 atom stereocenters. The zero-order valence-electron chi connectivity index (χ0n) is 18.1. The summed E-state index contributed by atoms with van der Waals surface area (Å²) in [7, 11) is 0. The number of fused-ring (bicyclic) bond motifs is 2. The predicted molar refractivity (Wildman–Crippen MR) is 122 cm³/mol. The van der Waals surface area contributed by atoms with E-state index in [4.69, 9.17) is 0 Å². The minimum atomic E-state index is -0.210. The number of aromatic nitrogens is 2. The van der Waals surface area contributed by atoms with Crippen LogP contribution in [-0.4, -0.2) is 33.1 Å². The molecule has 2 aromatic heterocycles. The van der Waals surface area contributed by atoms with Crippen molar-refractivity contribution in [1.29, 1.82) is 0 Å². The molecule has 6 nitrogen and oxygen atoms in total. The zero-order chi connectivity index (χ0) is 23.2. The predicted octanol–water partition coefficient (Wildman–Crippen LogP) is 5.26. The van der Waals surface area contributed by atoms with Crippen LogP contribution in [-0.2, 0) is 0 Å². The number of hydrogen-bond donors (Lipinski definition) is 0. The Morgan fingerprint density at radius 3 is 1.78 bits per heavy atom. The average molecular weight is 424 g/mol. The molecule has 158 valence electrons. The molecule has 0 amide bonds. The Hall–Kier alpha value is -4.06. The van der Waals surface area contributed by atoms with E-state index in [1.54, 1.807) is 30.5 Å². The highest BCUT2D eigenvalue weighted by molar-refractivity contribution is 6.21. The van der Waals surface area contributed by atoms with Crippen molar-refractivity contribution >= 4 is 44.7 Å². The van der Waals surface area contributed by atoms with Gasteiger partial charge in [-0.15, -0.1) is 0 Å². The fourth-order valence-corrected chi connectivity index (χ4v) is 4.14. The maximum Gasteiger partial charge on any atom is 0.162 e. The number of pyridine rings is 2. The lowest BCUT2D eigenvalue weighted by Crippen LogP contribution is -2.05. The van der Waals surface area contributed by atoms with Crippen LogP contribution in [0, 0.1) is 0 Å². The van der Waals surface area contributed by atoms with Crippen LogP contribution in [0.25, 0.3) is 32.8 Å². The lowest BCUT2D eigenvalue weighted by Gasteiger charge is -2.15. The smallest absolute Gasteiger partial charge is 0.162 e. The Bertz CT molecular complexity index is 1330. The Morgan fingerprint density at radius 2 is 1.16 bits per heavy atom. The third kappa shape index (κ3) is 3.30. The number of carbonyl (C=O) groups excluding carboxylic acids is 4. The van der Waals surface area contributed by atoms with Gasteiger partial charge in [-0.25, -0.2) is 0 Å². The molecule has 0 spiro atoms. The van der Waals surface area contributed by atoms with E-state index in [0.29, 0.717) is 55.1 Å². The highest BCUT2D eigenvalue weighted by atomic mass is 16.1. The van der Waals surface area contributed by atoms with E-state index in [1.807, 2.05) is 6.07 Å².